The molecule has 0 aliphatic rings. The molecule has 0 bridgehead atoms. The fourth-order valence-electron chi connectivity index (χ4n) is 1.47. The van der Waals surface area contributed by atoms with E-state index in [1.54, 1.807) is 13.2 Å². The quantitative estimate of drug-likeness (QED) is 0.731. The molecule has 0 saturated heterocycles. The molecular weight excluding hydrogens is 206 g/mol. The van der Waals surface area contributed by atoms with Crippen molar-refractivity contribution >= 4 is 5.97 Å². The zero-order chi connectivity index (χ0) is 12.2. The van der Waals surface area contributed by atoms with Gasteiger partial charge in [0.25, 0.3) is 0 Å². The SMILES string of the molecule is COC(=O)C(C)(C)Cc1cccc(OC)n1. The van der Waals surface area contributed by atoms with Crippen molar-refractivity contribution in [3.8, 4) is 5.88 Å². The van der Waals surface area contributed by atoms with Crippen LogP contribution in [-0.2, 0) is 16.0 Å². The highest BCUT2D eigenvalue weighted by molar-refractivity contribution is 5.76. The summed E-state index contributed by atoms with van der Waals surface area (Å²) in [5.74, 6) is 0.315. The molecule has 0 saturated carbocycles. The Morgan fingerprint density at radius 3 is 2.62 bits per heavy atom. The highest BCUT2D eigenvalue weighted by Gasteiger charge is 2.29. The number of rotatable bonds is 4. The van der Waals surface area contributed by atoms with E-state index in [0.29, 0.717) is 12.3 Å². The number of carbonyl (C=O) groups is 1. The number of ether oxygens (including phenoxy) is 2. The van der Waals surface area contributed by atoms with Crippen molar-refractivity contribution in [2.24, 2.45) is 5.41 Å². The largest absolute Gasteiger partial charge is 0.481 e. The summed E-state index contributed by atoms with van der Waals surface area (Å²) in [6.45, 7) is 3.67. The predicted octanol–water partition coefficient (Wildman–Crippen LogP) is 1.83. The van der Waals surface area contributed by atoms with Crippen molar-refractivity contribution in [3.63, 3.8) is 0 Å². The maximum atomic E-state index is 11.5. The molecule has 0 aliphatic carbocycles. The lowest BCUT2D eigenvalue weighted by Crippen LogP contribution is -2.28. The molecule has 1 aromatic rings. The van der Waals surface area contributed by atoms with Crippen molar-refractivity contribution in [1.29, 1.82) is 0 Å². The third kappa shape index (κ3) is 2.95. The molecule has 88 valence electrons. The summed E-state index contributed by atoms with van der Waals surface area (Å²) in [7, 11) is 2.96. The van der Waals surface area contributed by atoms with Gasteiger partial charge in [-0.3, -0.25) is 4.79 Å². The van der Waals surface area contributed by atoms with Gasteiger partial charge >= 0.3 is 5.97 Å². The van der Waals surface area contributed by atoms with Crippen LogP contribution >= 0.6 is 0 Å². The lowest BCUT2D eigenvalue weighted by molar-refractivity contribution is -0.150. The second kappa shape index (κ2) is 4.96. The van der Waals surface area contributed by atoms with Gasteiger partial charge in [-0.05, 0) is 19.9 Å². The lowest BCUT2D eigenvalue weighted by atomic mass is 9.88. The third-order valence-corrected chi connectivity index (χ3v) is 2.35. The number of carbonyl (C=O) groups excluding carboxylic acids is 1. The van der Waals surface area contributed by atoms with Crippen molar-refractivity contribution in [1.82, 2.24) is 4.98 Å². The van der Waals surface area contributed by atoms with Crippen LogP contribution in [0.25, 0.3) is 0 Å². The Kier molecular flexibility index (Phi) is 3.88. The Bertz CT molecular complexity index is 374. The van der Waals surface area contributed by atoms with Crippen LogP contribution < -0.4 is 4.74 Å². The molecule has 0 spiro atoms. The number of nitrogens with zero attached hydrogens (tertiary/aromatic N) is 1. The maximum Gasteiger partial charge on any atom is 0.311 e. The molecule has 4 heteroatoms. The van der Waals surface area contributed by atoms with E-state index in [2.05, 4.69) is 4.98 Å². The molecule has 1 aromatic heterocycles. The minimum atomic E-state index is -0.575. The zero-order valence-corrected chi connectivity index (χ0v) is 10.1. The Morgan fingerprint density at radius 2 is 2.06 bits per heavy atom. The fraction of sp³-hybridized carbons (Fsp3) is 0.500. The number of esters is 1. The highest BCUT2D eigenvalue weighted by atomic mass is 16.5. The van der Waals surface area contributed by atoms with Crippen LogP contribution in [0.15, 0.2) is 18.2 Å². The first-order valence-electron chi connectivity index (χ1n) is 5.08. The van der Waals surface area contributed by atoms with E-state index in [4.69, 9.17) is 9.47 Å². The second-order valence-corrected chi connectivity index (χ2v) is 4.22. The van der Waals surface area contributed by atoms with Crippen LogP contribution in [0.4, 0.5) is 0 Å². The molecule has 0 unspecified atom stereocenters. The standard InChI is InChI=1S/C12H17NO3/c1-12(2,11(14)16-4)8-9-6-5-7-10(13-9)15-3/h5-7H,8H2,1-4H3. The second-order valence-electron chi connectivity index (χ2n) is 4.22. The smallest absolute Gasteiger partial charge is 0.311 e. The molecule has 16 heavy (non-hydrogen) atoms. The summed E-state index contributed by atoms with van der Waals surface area (Å²) in [6, 6.07) is 5.50. The molecule has 0 amide bonds. The van der Waals surface area contributed by atoms with Gasteiger partial charge in [-0.25, -0.2) is 4.98 Å². The summed E-state index contributed by atoms with van der Waals surface area (Å²) in [6.07, 6.45) is 0.525. The molecule has 4 nitrogen and oxygen atoms in total. The monoisotopic (exact) mass is 223 g/mol. The van der Waals surface area contributed by atoms with Gasteiger partial charge in [0, 0.05) is 18.2 Å². The van der Waals surface area contributed by atoms with Crippen LogP contribution in [0, 0.1) is 5.41 Å². The van der Waals surface area contributed by atoms with Crippen molar-refractivity contribution < 1.29 is 14.3 Å². The summed E-state index contributed by atoms with van der Waals surface area (Å²) in [5, 5.41) is 0. The van der Waals surface area contributed by atoms with Gasteiger partial charge in [-0.2, -0.15) is 0 Å². The molecule has 0 fully saturated rings. The number of aromatic nitrogens is 1. The molecule has 1 rings (SSSR count). The van der Waals surface area contributed by atoms with Gasteiger partial charge < -0.3 is 9.47 Å². The van der Waals surface area contributed by atoms with E-state index in [1.165, 1.54) is 7.11 Å². The normalized spacial score (nSPS) is 11.0. The molecule has 0 N–H and O–H groups in total. The molecule has 0 radical (unpaired) electrons. The van der Waals surface area contributed by atoms with Crippen LogP contribution in [0.3, 0.4) is 0 Å². The van der Waals surface area contributed by atoms with Gasteiger partial charge in [0.05, 0.1) is 19.6 Å². The van der Waals surface area contributed by atoms with E-state index < -0.39 is 5.41 Å². The zero-order valence-electron chi connectivity index (χ0n) is 10.1. The van der Waals surface area contributed by atoms with Gasteiger partial charge in [0.2, 0.25) is 5.88 Å². The topological polar surface area (TPSA) is 48.4 Å². The molecule has 1 heterocycles. The predicted molar refractivity (Wildman–Crippen MR) is 60.3 cm³/mol. The minimum absolute atomic E-state index is 0.239. The van der Waals surface area contributed by atoms with Crippen molar-refractivity contribution in [2.45, 2.75) is 20.3 Å². The average Bonchev–Trinajstić information content (AvgIpc) is 2.27. The highest BCUT2D eigenvalue weighted by Crippen LogP contribution is 2.23. The molecular formula is C12H17NO3. The summed E-state index contributed by atoms with van der Waals surface area (Å²) in [5.41, 5.74) is 0.239. The Morgan fingerprint density at radius 1 is 1.38 bits per heavy atom. The first-order chi connectivity index (χ1) is 7.49. The third-order valence-electron chi connectivity index (χ3n) is 2.35. The fourth-order valence-corrected chi connectivity index (χ4v) is 1.47. The van der Waals surface area contributed by atoms with Crippen LogP contribution in [0.5, 0.6) is 5.88 Å². The number of methoxy groups -OCH3 is 2. The average molecular weight is 223 g/mol. The first-order valence-corrected chi connectivity index (χ1v) is 5.08. The summed E-state index contributed by atoms with van der Waals surface area (Å²) in [4.78, 5) is 15.8. The van der Waals surface area contributed by atoms with E-state index >= 15 is 0 Å². The minimum Gasteiger partial charge on any atom is -0.481 e. The van der Waals surface area contributed by atoms with Gasteiger partial charge in [0.1, 0.15) is 0 Å². The number of pyridine rings is 1. The van der Waals surface area contributed by atoms with Crippen molar-refractivity contribution in [3.05, 3.63) is 23.9 Å². The number of hydrogen-bond acceptors (Lipinski definition) is 4. The van der Waals surface area contributed by atoms with Gasteiger partial charge in [0.15, 0.2) is 0 Å². The van der Waals surface area contributed by atoms with E-state index in [0.717, 1.165) is 5.69 Å². The summed E-state index contributed by atoms with van der Waals surface area (Å²) < 4.78 is 9.77. The van der Waals surface area contributed by atoms with Gasteiger partial charge in [-0.1, -0.05) is 6.07 Å². The maximum absolute atomic E-state index is 11.5. The molecule has 0 aromatic carbocycles. The Balaban J connectivity index is 2.83. The number of hydrogen-bond donors (Lipinski definition) is 0. The lowest BCUT2D eigenvalue weighted by Gasteiger charge is -2.20. The molecule has 0 aliphatic heterocycles. The van der Waals surface area contributed by atoms with Crippen molar-refractivity contribution in [2.75, 3.05) is 14.2 Å². The summed E-state index contributed by atoms with van der Waals surface area (Å²) >= 11 is 0. The van der Waals surface area contributed by atoms with E-state index in [9.17, 15) is 4.79 Å². The van der Waals surface area contributed by atoms with Crippen LogP contribution in [0.2, 0.25) is 0 Å². The Labute approximate surface area is 95.6 Å². The van der Waals surface area contributed by atoms with Crippen LogP contribution in [-0.4, -0.2) is 25.2 Å². The van der Waals surface area contributed by atoms with Gasteiger partial charge in [-0.15, -0.1) is 0 Å². The van der Waals surface area contributed by atoms with E-state index in [1.807, 2.05) is 26.0 Å². The molecule has 0 atom stereocenters. The van der Waals surface area contributed by atoms with Crippen LogP contribution in [0.1, 0.15) is 19.5 Å². The van der Waals surface area contributed by atoms with E-state index in [-0.39, 0.29) is 5.97 Å². The first kappa shape index (κ1) is 12.5. The Hall–Kier alpha value is -1.58.